The topological polar surface area (TPSA) is 91.7 Å². The molecule has 2 rings (SSSR count). The molecule has 1 saturated carbocycles. The third-order valence-corrected chi connectivity index (χ3v) is 6.06. The van der Waals surface area contributed by atoms with E-state index < -0.39 is 33.1 Å². The lowest BCUT2D eigenvalue weighted by Gasteiger charge is -2.12. The standard InChI is InChI=1S/C12H13ClO5S/c13-9-3-1-2-4-11(9)19(17,18)7-5-8(12(15)16)10(14)6-7/h1-4,7-8,10,14H,5-6H2,(H,15,16)/t7-,8-,10-/m1/s1. The number of rotatable bonds is 3. The maximum absolute atomic E-state index is 12.4. The van der Waals surface area contributed by atoms with Gasteiger partial charge in [0.25, 0.3) is 0 Å². The molecule has 3 atom stereocenters. The van der Waals surface area contributed by atoms with E-state index in [4.69, 9.17) is 16.7 Å². The first kappa shape index (κ1) is 14.3. The zero-order valence-corrected chi connectivity index (χ0v) is 11.4. The maximum Gasteiger partial charge on any atom is 0.309 e. The van der Waals surface area contributed by atoms with Crippen molar-refractivity contribution < 1.29 is 23.4 Å². The van der Waals surface area contributed by atoms with Crippen LogP contribution in [-0.2, 0) is 14.6 Å². The first-order chi connectivity index (χ1) is 8.84. The van der Waals surface area contributed by atoms with Gasteiger partial charge in [-0.1, -0.05) is 23.7 Å². The highest BCUT2D eigenvalue weighted by molar-refractivity contribution is 7.92. The van der Waals surface area contributed by atoms with Crippen LogP contribution in [0.4, 0.5) is 0 Å². The van der Waals surface area contributed by atoms with Crippen LogP contribution in [-0.4, -0.2) is 36.0 Å². The fraction of sp³-hybridized carbons (Fsp3) is 0.417. The molecule has 0 saturated heterocycles. The molecule has 7 heteroatoms. The van der Waals surface area contributed by atoms with Gasteiger partial charge in [-0.15, -0.1) is 0 Å². The highest BCUT2D eigenvalue weighted by Crippen LogP contribution is 2.36. The first-order valence-corrected chi connectivity index (χ1v) is 7.65. The molecular weight excluding hydrogens is 292 g/mol. The van der Waals surface area contributed by atoms with Crippen molar-refractivity contribution in [1.29, 1.82) is 0 Å². The number of carboxylic acids is 1. The molecule has 5 nitrogen and oxygen atoms in total. The van der Waals surface area contributed by atoms with Gasteiger partial charge < -0.3 is 10.2 Å². The molecule has 0 aliphatic heterocycles. The molecule has 0 radical (unpaired) electrons. The van der Waals surface area contributed by atoms with Gasteiger partial charge in [-0.2, -0.15) is 0 Å². The Morgan fingerprint density at radius 3 is 2.42 bits per heavy atom. The number of benzene rings is 1. The highest BCUT2D eigenvalue weighted by Gasteiger charge is 2.44. The number of sulfone groups is 1. The zero-order chi connectivity index (χ0) is 14.2. The minimum atomic E-state index is -3.72. The number of carboxylic acid groups (broad SMARTS) is 1. The summed E-state index contributed by atoms with van der Waals surface area (Å²) in [4.78, 5) is 10.9. The van der Waals surface area contributed by atoms with Crippen molar-refractivity contribution in [3.8, 4) is 0 Å². The molecule has 0 bridgehead atoms. The van der Waals surface area contributed by atoms with Crippen LogP contribution in [0.15, 0.2) is 29.2 Å². The van der Waals surface area contributed by atoms with Gasteiger partial charge in [-0.05, 0) is 25.0 Å². The van der Waals surface area contributed by atoms with Crippen molar-refractivity contribution in [2.24, 2.45) is 5.92 Å². The number of aliphatic hydroxyl groups excluding tert-OH is 1. The molecule has 1 aliphatic carbocycles. The Hall–Kier alpha value is -1.11. The van der Waals surface area contributed by atoms with Gasteiger partial charge in [-0.3, -0.25) is 4.79 Å². The maximum atomic E-state index is 12.4. The molecule has 104 valence electrons. The van der Waals surface area contributed by atoms with Crippen LogP contribution in [0.5, 0.6) is 0 Å². The van der Waals surface area contributed by atoms with Crippen LogP contribution in [0.1, 0.15) is 12.8 Å². The van der Waals surface area contributed by atoms with E-state index >= 15 is 0 Å². The van der Waals surface area contributed by atoms with Crippen molar-refractivity contribution in [2.45, 2.75) is 29.1 Å². The minimum Gasteiger partial charge on any atom is -0.481 e. The quantitative estimate of drug-likeness (QED) is 0.879. The summed E-state index contributed by atoms with van der Waals surface area (Å²) in [6.45, 7) is 0. The molecule has 0 heterocycles. The summed E-state index contributed by atoms with van der Waals surface area (Å²) >= 11 is 5.86. The molecule has 19 heavy (non-hydrogen) atoms. The SMILES string of the molecule is O=C(O)[C@@H]1C[C@@H](S(=O)(=O)c2ccccc2Cl)C[C@H]1O. The smallest absolute Gasteiger partial charge is 0.309 e. The Morgan fingerprint density at radius 1 is 1.26 bits per heavy atom. The van der Waals surface area contributed by atoms with Crippen molar-refractivity contribution in [1.82, 2.24) is 0 Å². The van der Waals surface area contributed by atoms with Crippen molar-refractivity contribution in [3.05, 3.63) is 29.3 Å². The van der Waals surface area contributed by atoms with E-state index in [1.807, 2.05) is 0 Å². The Kier molecular flexibility index (Phi) is 3.85. The second kappa shape index (κ2) is 5.11. The number of aliphatic carboxylic acids is 1. The van der Waals surface area contributed by atoms with E-state index in [1.165, 1.54) is 12.1 Å². The van der Waals surface area contributed by atoms with Crippen LogP contribution in [0.25, 0.3) is 0 Å². The van der Waals surface area contributed by atoms with Gasteiger partial charge in [0.1, 0.15) is 0 Å². The van der Waals surface area contributed by atoms with E-state index in [2.05, 4.69) is 0 Å². The lowest BCUT2D eigenvalue weighted by molar-refractivity contribution is -0.144. The van der Waals surface area contributed by atoms with E-state index in [0.29, 0.717) is 0 Å². The van der Waals surface area contributed by atoms with Crippen LogP contribution < -0.4 is 0 Å². The molecular formula is C12H13ClO5S. The molecule has 0 unspecified atom stereocenters. The number of hydrogen-bond acceptors (Lipinski definition) is 4. The molecule has 0 amide bonds. The third-order valence-electron chi connectivity index (χ3n) is 3.38. The Balaban J connectivity index is 2.33. The Labute approximate surface area is 115 Å². The van der Waals surface area contributed by atoms with Crippen molar-refractivity contribution in [2.75, 3.05) is 0 Å². The number of halogens is 1. The van der Waals surface area contributed by atoms with E-state index in [1.54, 1.807) is 12.1 Å². The Morgan fingerprint density at radius 2 is 1.89 bits per heavy atom. The molecule has 1 aromatic rings. The molecule has 0 aromatic heterocycles. The summed E-state index contributed by atoms with van der Waals surface area (Å²) in [5.74, 6) is -2.22. The van der Waals surface area contributed by atoms with Crippen molar-refractivity contribution >= 4 is 27.4 Å². The summed E-state index contributed by atoms with van der Waals surface area (Å²) in [6, 6.07) is 6.02. The third kappa shape index (κ3) is 2.61. The highest BCUT2D eigenvalue weighted by atomic mass is 35.5. The second-order valence-corrected chi connectivity index (χ2v) is 7.18. The predicted molar refractivity (Wildman–Crippen MR) is 68.8 cm³/mol. The molecule has 0 spiro atoms. The summed E-state index contributed by atoms with van der Waals surface area (Å²) in [5, 5.41) is 17.7. The number of hydrogen-bond donors (Lipinski definition) is 2. The summed E-state index contributed by atoms with van der Waals surface area (Å²) in [6.07, 6.45) is -1.31. The van der Waals surface area contributed by atoms with Gasteiger partial charge in [0.05, 0.1) is 27.2 Å². The predicted octanol–water partition coefficient (Wildman–Crippen LogP) is 1.34. The average molecular weight is 305 g/mol. The largest absolute Gasteiger partial charge is 0.481 e. The van der Waals surface area contributed by atoms with Gasteiger partial charge in [0, 0.05) is 0 Å². The van der Waals surface area contributed by atoms with Gasteiger partial charge in [0.15, 0.2) is 9.84 Å². The van der Waals surface area contributed by atoms with Crippen LogP contribution in [0.3, 0.4) is 0 Å². The van der Waals surface area contributed by atoms with Crippen LogP contribution in [0, 0.1) is 5.92 Å². The monoisotopic (exact) mass is 304 g/mol. The first-order valence-electron chi connectivity index (χ1n) is 5.73. The molecule has 1 fully saturated rings. The average Bonchev–Trinajstić information content (AvgIpc) is 2.72. The van der Waals surface area contributed by atoms with Gasteiger partial charge >= 0.3 is 5.97 Å². The fourth-order valence-corrected chi connectivity index (χ4v) is 4.68. The van der Waals surface area contributed by atoms with Crippen LogP contribution >= 0.6 is 11.6 Å². The molecule has 1 aliphatic rings. The summed E-state index contributed by atoms with van der Waals surface area (Å²) in [7, 11) is -3.72. The summed E-state index contributed by atoms with van der Waals surface area (Å²) < 4.78 is 24.8. The molecule has 2 N–H and O–H groups in total. The Bertz CT molecular complexity index is 598. The van der Waals surface area contributed by atoms with Crippen LogP contribution in [0.2, 0.25) is 5.02 Å². The van der Waals surface area contributed by atoms with E-state index in [0.717, 1.165) is 0 Å². The van der Waals surface area contributed by atoms with E-state index in [9.17, 15) is 18.3 Å². The molecule has 1 aromatic carbocycles. The number of aliphatic hydroxyl groups is 1. The van der Waals surface area contributed by atoms with Crippen molar-refractivity contribution in [3.63, 3.8) is 0 Å². The van der Waals surface area contributed by atoms with Gasteiger partial charge in [0.2, 0.25) is 0 Å². The van der Waals surface area contributed by atoms with Gasteiger partial charge in [-0.25, -0.2) is 8.42 Å². The lowest BCUT2D eigenvalue weighted by atomic mass is 10.1. The lowest BCUT2D eigenvalue weighted by Crippen LogP contribution is -2.22. The van der Waals surface area contributed by atoms with E-state index in [-0.39, 0.29) is 22.8 Å². The zero-order valence-electron chi connectivity index (χ0n) is 9.86. The summed E-state index contributed by atoms with van der Waals surface area (Å²) in [5.41, 5.74) is 0. The minimum absolute atomic E-state index is 0.0140. The second-order valence-electron chi connectivity index (χ2n) is 4.58. The normalized spacial score (nSPS) is 27.4. The number of carbonyl (C=O) groups is 1. The fourth-order valence-electron chi connectivity index (χ4n) is 2.34.